The summed E-state index contributed by atoms with van der Waals surface area (Å²) in [7, 11) is 0. The van der Waals surface area contributed by atoms with Gasteiger partial charge in [-0.2, -0.15) is 0 Å². The Morgan fingerprint density at radius 1 is 1.28 bits per heavy atom. The van der Waals surface area contributed by atoms with Crippen LogP contribution in [-0.4, -0.2) is 15.0 Å². The van der Waals surface area contributed by atoms with Crippen molar-refractivity contribution in [1.82, 2.24) is 15.0 Å². The highest BCUT2D eigenvalue weighted by Crippen LogP contribution is 2.25. The number of thiophene rings is 1. The van der Waals surface area contributed by atoms with Crippen molar-refractivity contribution in [1.29, 1.82) is 0 Å². The second kappa shape index (κ2) is 4.42. The molecule has 0 N–H and O–H groups in total. The van der Waals surface area contributed by atoms with E-state index in [1.165, 1.54) is 12.3 Å². The molecule has 0 aromatic carbocycles. The Hall–Kier alpha value is -1.88. The highest BCUT2D eigenvalue weighted by Gasteiger charge is 2.10. The molecule has 3 heterocycles. The molecule has 0 fully saturated rings. The maximum Gasteiger partial charge on any atom is 0.161 e. The third kappa shape index (κ3) is 1.86. The second-order valence-electron chi connectivity index (χ2n) is 3.87. The van der Waals surface area contributed by atoms with Gasteiger partial charge in [0.1, 0.15) is 5.82 Å². The van der Waals surface area contributed by atoms with Crippen LogP contribution in [0.2, 0.25) is 0 Å². The summed E-state index contributed by atoms with van der Waals surface area (Å²) < 4.78 is 14.3. The van der Waals surface area contributed by atoms with Gasteiger partial charge in [-0.15, -0.1) is 11.3 Å². The van der Waals surface area contributed by atoms with Crippen LogP contribution in [-0.2, 0) is 6.42 Å². The van der Waals surface area contributed by atoms with Crippen LogP contribution in [0.1, 0.15) is 12.6 Å². The lowest BCUT2D eigenvalue weighted by Crippen LogP contribution is -1.95. The molecule has 0 spiro atoms. The smallest absolute Gasteiger partial charge is 0.161 e. The molecule has 5 heteroatoms. The molecule has 0 saturated heterocycles. The number of rotatable bonds is 2. The number of hydrogen-bond acceptors (Lipinski definition) is 4. The first-order valence-corrected chi connectivity index (χ1v) is 6.51. The Bertz CT molecular complexity index is 708. The molecule has 0 aliphatic carbocycles. The van der Waals surface area contributed by atoms with Crippen molar-refractivity contribution in [3.05, 3.63) is 41.4 Å². The molecule has 0 bridgehead atoms. The van der Waals surface area contributed by atoms with Gasteiger partial charge in [0.05, 0.1) is 22.1 Å². The Balaban J connectivity index is 2.23. The van der Waals surface area contributed by atoms with E-state index in [1.807, 2.05) is 11.4 Å². The third-order valence-electron chi connectivity index (χ3n) is 2.67. The van der Waals surface area contributed by atoms with Gasteiger partial charge in [0.2, 0.25) is 0 Å². The summed E-state index contributed by atoms with van der Waals surface area (Å²) in [6.07, 6.45) is 3.58. The molecule has 3 rings (SSSR count). The number of fused-ring (bicyclic) bond motifs is 1. The summed E-state index contributed by atoms with van der Waals surface area (Å²) in [5.74, 6) is 0.157. The van der Waals surface area contributed by atoms with Crippen molar-refractivity contribution in [2.24, 2.45) is 0 Å². The van der Waals surface area contributed by atoms with Crippen LogP contribution >= 0.6 is 11.3 Å². The average molecular weight is 259 g/mol. The van der Waals surface area contributed by atoms with Gasteiger partial charge in [0, 0.05) is 11.8 Å². The average Bonchev–Trinajstić information content (AvgIpc) is 2.85. The van der Waals surface area contributed by atoms with Crippen molar-refractivity contribution in [3.8, 4) is 11.4 Å². The summed E-state index contributed by atoms with van der Waals surface area (Å²) in [5, 5.41) is 1.99. The zero-order valence-electron chi connectivity index (χ0n) is 9.72. The van der Waals surface area contributed by atoms with Gasteiger partial charge < -0.3 is 0 Å². The fourth-order valence-electron chi connectivity index (χ4n) is 1.83. The van der Waals surface area contributed by atoms with Crippen LogP contribution in [0.25, 0.3) is 21.6 Å². The molecule has 3 nitrogen and oxygen atoms in total. The van der Waals surface area contributed by atoms with Crippen molar-refractivity contribution in [3.63, 3.8) is 0 Å². The molecule has 0 atom stereocenters. The number of nitrogens with zero attached hydrogens (tertiary/aromatic N) is 3. The first kappa shape index (κ1) is 11.2. The number of aromatic nitrogens is 3. The molecule has 0 amide bonds. The Labute approximate surface area is 107 Å². The molecule has 0 unspecified atom stereocenters. The number of aryl methyl sites for hydroxylation is 1. The van der Waals surface area contributed by atoms with Gasteiger partial charge >= 0.3 is 0 Å². The second-order valence-corrected chi connectivity index (χ2v) is 4.79. The van der Waals surface area contributed by atoms with E-state index in [0.29, 0.717) is 11.4 Å². The lowest BCUT2D eigenvalue weighted by molar-refractivity contribution is 0.622. The molecular formula is C13H10FN3S. The van der Waals surface area contributed by atoms with E-state index in [9.17, 15) is 4.39 Å². The Kier molecular flexibility index (Phi) is 2.76. The first-order chi connectivity index (χ1) is 8.78. The lowest BCUT2D eigenvalue weighted by atomic mass is 10.2. The maximum absolute atomic E-state index is 13.2. The van der Waals surface area contributed by atoms with Crippen LogP contribution in [0.3, 0.4) is 0 Å². The summed E-state index contributed by atoms with van der Waals surface area (Å²) in [5.41, 5.74) is 2.51. The lowest BCUT2D eigenvalue weighted by Gasteiger charge is -2.04. The fraction of sp³-hybridized carbons (Fsp3) is 0.154. The maximum atomic E-state index is 13.2. The molecule has 0 aliphatic rings. The number of pyridine rings is 1. The zero-order chi connectivity index (χ0) is 12.5. The summed E-state index contributed by atoms with van der Waals surface area (Å²) in [4.78, 5) is 12.8. The minimum atomic E-state index is -0.375. The minimum Gasteiger partial charge on any atom is -0.261 e. The van der Waals surface area contributed by atoms with Crippen LogP contribution in [0, 0.1) is 5.82 Å². The van der Waals surface area contributed by atoms with Gasteiger partial charge in [0.25, 0.3) is 0 Å². The monoisotopic (exact) mass is 259 g/mol. The quantitative estimate of drug-likeness (QED) is 0.707. The predicted molar refractivity (Wildman–Crippen MR) is 70.0 cm³/mol. The van der Waals surface area contributed by atoms with Gasteiger partial charge in [-0.25, -0.2) is 14.4 Å². The van der Waals surface area contributed by atoms with Gasteiger partial charge in [0.15, 0.2) is 5.82 Å². The van der Waals surface area contributed by atoms with E-state index in [-0.39, 0.29) is 5.82 Å². The minimum absolute atomic E-state index is 0.375. The zero-order valence-corrected chi connectivity index (χ0v) is 10.5. The highest BCUT2D eigenvalue weighted by molar-refractivity contribution is 7.17. The molecule has 0 aliphatic heterocycles. The van der Waals surface area contributed by atoms with E-state index in [1.54, 1.807) is 17.5 Å². The number of hydrogen-bond donors (Lipinski definition) is 0. The fourth-order valence-corrected chi connectivity index (χ4v) is 2.72. The van der Waals surface area contributed by atoms with Crippen LogP contribution in [0.4, 0.5) is 4.39 Å². The van der Waals surface area contributed by atoms with Gasteiger partial charge in [-0.1, -0.05) is 6.92 Å². The van der Waals surface area contributed by atoms with Crippen molar-refractivity contribution >= 4 is 21.6 Å². The standard InChI is InChI=1S/C13H10FN3S/c1-2-10-12-11(3-4-18-12)17-13(16-10)8-5-9(14)7-15-6-8/h3-7H,2H2,1H3. The summed E-state index contributed by atoms with van der Waals surface area (Å²) in [6.45, 7) is 2.05. The molecule has 90 valence electrons. The Morgan fingerprint density at radius 2 is 2.17 bits per heavy atom. The van der Waals surface area contributed by atoms with Crippen LogP contribution in [0.5, 0.6) is 0 Å². The van der Waals surface area contributed by atoms with Gasteiger partial charge in [-0.05, 0) is 23.9 Å². The van der Waals surface area contributed by atoms with Gasteiger partial charge in [-0.3, -0.25) is 4.98 Å². The third-order valence-corrected chi connectivity index (χ3v) is 3.62. The van der Waals surface area contributed by atoms with Crippen LogP contribution in [0.15, 0.2) is 29.9 Å². The largest absolute Gasteiger partial charge is 0.261 e. The van der Waals surface area contributed by atoms with Crippen molar-refractivity contribution < 1.29 is 4.39 Å². The summed E-state index contributed by atoms with van der Waals surface area (Å²) in [6, 6.07) is 3.36. The van der Waals surface area contributed by atoms with E-state index < -0.39 is 0 Å². The molecule has 18 heavy (non-hydrogen) atoms. The SMILES string of the molecule is CCc1nc(-c2cncc(F)c2)nc2ccsc12. The predicted octanol–water partition coefficient (Wildman–Crippen LogP) is 3.45. The first-order valence-electron chi connectivity index (χ1n) is 5.63. The molecule has 3 aromatic heterocycles. The van der Waals surface area contributed by atoms with Crippen molar-refractivity contribution in [2.75, 3.05) is 0 Å². The molecule has 3 aromatic rings. The number of halogens is 1. The summed E-state index contributed by atoms with van der Waals surface area (Å²) >= 11 is 1.63. The van der Waals surface area contributed by atoms with E-state index >= 15 is 0 Å². The van der Waals surface area contributed by atoms with E-state index in [0.717, 1.165) is 22.3 Å². The van der Waals surface area contributed by atoms with Crippen molar-refractivity contribution in [2.45, 2.75) is 13.3 Å². The molecule has 0 radical (unpaired) electrons. The van der Waals surface area contributed by atoms with E-state index in [4.69, 9.17) is 0 Å². The molecular weight excluding hydrogens is 249 g/mol. The molecule has 0 saturated carbocycles. The van der Waals surface area contributed by atoms with E-state index in [2.05, 4.69) is 21.9 Å². The highest BCUT2D eigenvalue weighted by atomic mass is 32.1. The topological polar surface area (TPSA) is 38.7 Å². The van der Waals surface area contributed by atoms with Crippen LogP contribution < -0.4 is 0 Å². The normalized spacial score (nSPS) is 11.0. The Morgan fingerprint density at radius 3 is 2.94 bits per heavy atom.